The molecule has 0 saturated carbocycles. The summed E-state index contributed by atoms with van der Waals surface area (Å²) in [6, 6.07) is 13.6. The van der Waals surface area contributed by atoms with E-state index in [2.05, 4.69) is 44.4 Å². The minimum Gasteiger partial charge on any atom is -0.494 e. The molecule has 0 radical (unpaired) electrons. The van der Waals surface area contributed by atoms with E-state index in [1.165, 1.54) is 5.56 Å². The van der Waals surface area contributed by atoms with Crippen molar-refractivity contribution in [1.82, 2.24) is 15.6 Å². The lowest BCUT2D eigenvalue weighted by Crippen LogP contribution is -2.36. The van der Waals surface area contributed by atoms with Crippen molar-refractivity contribution in [3.05, 3.63) is 70.5 Å². The van der Waals surface area contributed by atoms with Gasteiger partial charge in [0.25, 0.3) is 0 Å². The van der Waals surface area contributed by atoms with E-state index in [0.29, 0.717) is 24.8 Å². The molecule has 0 amide bonds. The predicted molar refractivity (Wildman–Crippen MR) is 118 cm³/mol. The van der Waals surface area contributed by atoms with Gasteiger partial charge in [-0.15, -0.1) is 0 Å². The first kappa shape index (κ1) is 20.7. The van der Waals surface area contributed by atoms with Crippen LogP contribution in [0.4, 0.5) is 0 Å². The first-order valence-electron chi connectivity index (χ1n) is 9.58. The Labute approximate surface area is 175 Å². The average molecular weight is 411 g/mol. The third-order valence-corrected chi connectivity index (χ3v) is 4.80. The minimum atomic E-state index is 0.546. The summed E-state index contributed by atoms with van der Waals surface area (Å²) >= 11 is 1.68. The molecule has 0 unspecified atom stereocenters. The Hall–Kier alpha value is -3.06. The molecular formula is C22H26N4O2S. The molecule has 0 aliphatic heterocycles. The number of rotatable bonds is 9. The van der Waals surface area contributed by atoms with Gasteiger partial charge in [-0.25, -0.2) is 4.98 Å². The first-order chi connectivity index (χ1) is 14.3. The van der Waals surface area contributed by atoms with Crippen LogP contribution < -0.4 is 20.1 Å². The quantitative estimate of drug-likeness (QED) is 0.399. The summed E-state index contributed by atoms with van der Waals surface area (Å²) in [5.74, 6) is 2.84. The lowest BCUT2D eigenvalue weighted by Gasteiger charge is -2.14. The van der Waals surface area contributed by atoms with E-state index in [1.807, 2.05) is 36.4 Å². The number of thiophene rings is 1. The highest BCUT2D eigenvalue weighted by molar-refractivity contribution is 7.07. The Morgan fingerprint density at radius 1 is 1.07 bits per heavy atom. The standard InChI is InChI=1S/C22H26N4O2S/c1-3-12-27-19-6-8-20(9-7-19)28-21-18(5-4-11-24-21)15-26-22(23-2)25-14-17-10-13-29-16-17/h4-11,13,16H,3,12,14-15H2,1-2H3,(H2,23,25,26). The molecule has 0 fully saturated rings. The molecular weight excluding hydrogens is 384 g/mol. The normalized spacial score (nSPS) is 11.2. The SMILES string of the molecule is CCCOc1ccc(Oc2ncccc2CNC(=NC)NCc2ccsc2)cc1. The molecule has 7 heteroatoms. The number of hydrogen-bond donors (Lipinski definition) is 2. The van der Waals surface area contributed by atoms with E-state index in [1.54, 1.807) is 24.6 Å². The molecule has 1 aromatic carbocycles. The number of pyridine rings is 1. The van der Waals surface area contributed by atoms with Crippen LogP contribution in [0.1, 0.15) is 24.5 Å². The van der Waals surface area contributed by atoms with Crippen LogP contribution in [0.25, 0.3) is 0 Å². The van der Waals surface area contributed by atoms with Gasteiger partial charge in [0.2, 0.25) is 5.88 Å². The van der Waals surface area contributed by atoms with Crippen LogP contribution in [-0.4, -0.2) is 24.6 Å². The lowest BCUT2D eigenvalue weighted by molar-refractivity contribution is 0.317. The van der Waals surface area contributed by atoms with Crippen LogP contribution in [-0.2, 0) is 13.1 Å². The van der Waals surface area contributed by atoms with Gasteiger partial charge in [-0.1, -0.05) is 13.0 Å². The highest BCUT2D eigenvalue weighted by atomic mass is 32.1. The second-order valence-corrected chi connectivity index (χ2v) is 7.08. The molecule has 0 spiro atoms. The molecule has 0 aliphatic carbocycles. The van der Waals surface area contributed by atoms with Crippen molar-refractivity contribution in [2.75, 3.05) is 13.7 Å². The van der Waals surface area contributed by atoms with Gasteiger partial charge in [-0.3, -0.25) is 4.99 Å². The zero-order valence-electron chi connectivity index (χ0n) is 16.7. The van der Waals surface area contributed by atoms with E-state index in [0.717, 1.165) is 30.2 Å². The van der Waals surface area contributed by atoms with Crippen LogP contribution in [0.2, 0.25) is 0 Å². The summed E-state index contributed by atoms with van der Waals surface area (Å²) in [6.45, 7) is 4.06. The number of aromatic nitrogens is 1. The average Bonchev–Trinajstić information content (AvgIpc) is 3.28. The molecule has 3 aromatic rings. The summed E-state index contributed by atoms with van der Waals surface area (Å²) in [5.41, 5.74) is 2.17. The number of ether oxygens (including phenoxy) is 2. The van der Waals surface area contributed by atoms with Crippen molar-refractivity contribution in [2.24, 2.45) is 4.99 Å². The first-order valence-corrected chi connectivity index (χ1v) is 10.5. The summed E-state index contributed by atoms with van der Waals surface area (Å²) < 4.78 is 11.6. The molecule has 0 atom stereocenters. The molecule has 0 saturated heterocycles. The monoisotopic (exact) mass is 410 g/mol. The van der Waals surface area contributed by atoms with E-state index in [9.17, 15) is 0 Å². The number of aliphatic imine (C=N–C) groups is 1. The van der Waals surface area contributed by atoms with Gasteiger partial charge in [0.15, 0.2) is 5.96 Å². The van der Waals surface area contributed by atoms with Gasteiger partial charge in [-0.2, -0.15) is 11.3 Å². The molecule has 6 nitrogen and oxygen atoms in total. The molecule has 2 aromatic heterocycles. The van der Waals surface area contributed by atoms with E-state index in [4.69, 9.17) is 9.47 Å². The maximum absolute atomic E-state index is 5.99. The Kier molecular flexibility index (Phi) is 7.89. The van der Waals surface area contributed by atoms with Gasteiger partial charge in [0.05, 0.1) is 6.61 Å². The van der Waals surface area contributed by atoms with Crippen molar-refractivity contribution >= 4 is 17.3 Å². The van der Waals surface area contributed by atoms with Crippen LogP contribution in [0.15, 0.2) is 64.4 Å². The largest absolute Gasteiger partial charge is 0.494 e. The van der Waals surface area contributed by atoms with Crippen molar-refractivity contribution in [2.45, 2.75) is 26.4 Å². The Morgan fingerprint density at radius 2 is 1.86 bits per heavy atom. The maximum Gasteiger partial charge on any atom is 0.224 e. The third-order valence-electron chi connectivity index (χ3n) is 4.07. The van der Waals surface area contributed by atoms with Crippen LogP contribution in [0.3, 0.4) is 0 Å². The van der Waals surface area contributed by atoms with Crippen LogP contribution >= 0.6 is 11.3 Å². The summed E-state index contributed by atoms with van der Waals surface area (Å²) in [5, 5.41) is 10.8. The summed E-state index contributed by atoms with van der Waals surface area (Å²) in [6.07, 6.45) is 2.70. The topological polar surface area (TPSA) is 67.8 Å². The number of guanidine groups is 1. The zero-order chi connectivity index (χ0) is 20.3. The van der Waals surface area contributed by atoms with Crippen molar-refractivity contribution < 1.29 is 9.47 Å². The second-order valence-electron chi connectivity index (χ2n) is 6.30. The fourth-order valence-corrected chi connectivity index (χ4v) is 3.23. The molecule has 3 rings (SSSR count). The molecule has 2 heterocycles. The summed E-state index contributed by atoms with van der Waals surface area (Å²) in [7, 11) is 1.76. The van der Waals surface area contributed by atoms with E-state index in [-0.39, 0.29) is 0 Å². The molecule has 2 N–H and O–H groups in total. The fourth-order valence-electron chi connectivity index (χ4n) is 2.56. The number of nitrogens with zero attached hydrogens (tertiary/aromatic N) is 2. The third kappa shape index (κ3) is 6.50. The van der Waals surface area contributed by atoms with E-state index >= 15 is 0 Å². The van der Waals surface area contributed by atoms with Crippen molar-refractivity contribution in [1.29, 1.82) is 0 Å². The van der Waals surface area contributed by atoms with Gasteiger partial charge < -0.3 is 20.1 Å². The van der Waals surface area contributed by atoms with E-state index < -0.39 is 0 Å². The Balaban J connectivity index is 1.58. The minimum absolute atomic E-state index is 0.546. The highest BCUT2D eigenvalue weighted by Crippen LogP contribution is 2.25. The zero-order valence-corrected chi connectivity index (χ0v) is 17.5. The van der Waals surface area contributed by atoms with Gasteiger partial charge >= 0.3 is 0 Å². The summed E-state index contributed by atoms with van der Waals surface area (Å²) in [4.78, 5) is 8.66. The number of benzene rings is 1. The van der Waals surface area contributed by atoms with Crippen LogP contribution in [0, 0.1) is 0 Å². The maximum atomic E-state index is 5.99. The smallest absolute Gasteiger partial charge is 0.224 e. The Bertz CT molecular complexity index is 895. The molecule has 0 aliphatic rings. The van der Waals surface area contributed by atoms with Crippen molar-refractivity contribution in [3.8, 4) is 17.4 Å². The molecule has 0 bridgehead atoms. The van der Waals surface area contributed by atoms with Crippen LogP contribution in [0.5, 0.6) is 17.4 Å². The Morgan fingerprint density at radius 3 is 2.59 bits per heavy atom. The van der Waals surface area contributed by atoms with Crippen molar-refractivity contribution in [3.63, 3.8) is 0 Å². The van der Waals surface area contributed by atoms with Gasteiger partial charge in [0.1, 0.15) is 11.5 Å². The predicted octanol–water partition coefficient (Wildman–Crippen LogP) is 4.59. The fraction of sp³-hybridized carbons (Fsp3) is 0.273. The molecule has 152 valence electrons. The van der Waals surface area contributed by atoms with Gasteiger partial charge in [0, 0.05) is 31.9 Å². The molecule has 29 heavy (non-hydrogen) atoms. The second kappa shape index (κ2) is 11.1. The number of nitrogens with one attached hydrogen (secondary N) is 2. The lowest BCUT2D eigenvalue weighted by atomic mass is 10.2. The number of hydrogen-bond acceptors (Lipinski definition) is 5. The highest BCUT2D eigenvalue weighted by Gasteiger charge is 2.08. The van der Waals surface area contributed by atoms with Gasteiger partial charge in [-0.05, 0) is 59.1 Å².